The van der Waals surface area contributed by atoms with E-state index in [0.717, 1.165) is 5.70 Å². The van der Waals surface area contributed by atoms with Crippen LogP contribution in [0.2, 0.25) is 0 Å². The van der Waals surface area contributed by atoms with E-state index in [1.165, 1.54) is 17.7 Å². The lowest BCUT2D eigenvalue weighted by atomic mass is 10.3. The quantitative estimate of drug-likeness (QED) is 0.603. The summed E-state index contributed by atoms with van der Waals surface area (Å²) in [6, 6.07) is 0. The molecule has 1 heterocycles. The summed E-state index contributed by atoms with van der Waals surface area (Å²) < 4.78 is 0. The minimum absolute atomic E-state index is 0.306. The molecule has 0 bridgehead atoms. The van der Waals surface area contributed by atoms with Gasteiger partial charge in [0, 0.05) is 12.6 Å². The van der Waals surface area contributed by atoms with E-state index in [9.17, 15) is 4.79 Å². The van der Waals surface area contributed by atoms with Crippen LogP contribution in [-0.2, 0) is 9.63 Å². The summed E-state index contributed by atoms with van der Waals surface area (Å²) in [5.41, 5.74) is 5.14. The van der Waals surface area contributed by atoms with Crippen LogP contribution in [0.4, 0.5) is 0 Å². The first-order valence-electron chi connectivity index (χ1n) is 3.48. The molecule has 0 spiro atoms. The second-order valence-corrected chi connectivity index (χ2v) is 2.64. The van der Waals surface area contributed by atoms with Crippen LogP contribution in [0.1, 0.15) is 20.8 Å². The van der Waals surface area contributed by atoms with Gasteiger partial charge >= 0.3 is 5.97 Å². The molecule has 0 aromatic heterocycles. The van der Waals surface area contributed by atoms with Gasteiger partial charge in [-0.05, 0) is 24.6 Å². The van der Waals surface area contributed by atoms with Crippen molar-refractivity contribution in [1.82, 2.24) is 10.6 Å². The number of hydroxylamine groups is 1. The first kappa shape index (κ1) is 8.07. The number of rotatable bonds is 1. The maximum atomic E-state index is 10.5. The van der Waals surface area contributed by atoms with Crippen LogP contribution in [0.3, 0.4) is 0 Å². The highest BCUT2D eigenvalue weighted by Gasteiger charge is 2.17. The summed E-state index contributed by atoms with van der Waals surface area (Å²) in [5.74, 6) is -0.306. The van der Waals surface area contributed by atoms with Gasteiger partial charge in [-0.1, -0.05) is 0 Å². The number of hydrogen-bond acceptors (Lipinski definition) is 4. The molecule has 0 radical (unpaired) electrons. The van der Waals surface area contributed by atoms with Gasteiger partial charge in [0.2, 0.25) is 0 Å². The number of nitrogens with zero attached hydrogens (tertiary/aromatic N) is 1. The zero-order valence-electron chi connectivity index (χ0n) is 6.97. The predicted molar refractivity (Wildman–Crippen MR) is 40.0 cm³/mol. The number of hydrazine groups is 1. The largest absolute Gasteiger partial charge is 0.348 e. The van der Waals surface area contributed by atoms with E-state index in [1.807, 2.05) is 13.8 Å². The second kappa shape index (κ2) is 2.92. The third-order valence-electron chi connectivity index (χ3n) is 1.55. The fourth-order valence-corrected chi connectivity index (χ4v) is 0.866. The van der Waals surface area contributed by atoms with Crippen LogP contribution < -0.4 is 5.43 Å². The molecule has 11 heavy (non-hydrogen) atoms. The summed E-state index contributed by atoms with van der Waals surface area (Å²) in [6.45, 7) is 5.96. The Labute approximate surface area is 65.7 Å². The van der Waals surface area contributed by atoms with E-state index in [1.54, 1.807) is 0 Å². The first-order valence-corrected chi connectivity index (χ1v) is 3.48. The zero-order chi connectivity index (χ0) is 8.43. The Kier molecular flexibility index (Phi) is 2.14. The Bertz CT molecular complexity index is 196. The molecule has 4 heteroatoms. The summed E-state index contributed by atoms with van der Waals surface area (Å²) in [4.78, 5) is 15.3. The highest BCUT2D eigenvalue weighted by atomic mass is 16.7. The predicted octanol–water partition coefficient (Wildman–Crippen LogP) is 0.579. The molecular weight excluding hydrogens is 144 g/mol. The molecule has 62 valence electrons. The fraction of sp³-hybridized carbons (Fsp3) is 0.571. The van der Waals surface area contributed by atoms with Crippen molar-refractivity contribution < 1.29 is 9.63 Å². The standard InChI is InChI=1S/C7H12N2O2/c1-5-4-9(8-6(5)2)11-7(3)10/h8H,4H2,1-3H3. The van der Waals surface area contributed by atoms with Crippen molar-refractivity contribution in [2.24, 2.45) is 0 Å². The maximum absolute atomic E-state index is 10.5. The maximum Gasteiger partial charge on any atom is 0.324 e. The molecule has 0 aromatic carbocycles. The summed E-state index contributed by atoms with van der Waals surface area (Å²) >= 11 is 0. The summed E-state index contributed by atoms with van der Waals surface area (Å²) in [7, 11) is 0. The number of allylic oxidation sites excluding steroid dienone is 1. The molecule has 1 rings (SSSR count). The van der Waals surface area contributed by atoms with Crippen LogP contribution in [0, 0.1) is 0 Å². The lowest BCUT2D eigenvalue weighted by Gasteiger charge is -2.14. The van der Waals surface area contributed by atoms with Crippen LogP contribution >= 0.6 is 0 Å². The topological polar surface area (TPSA) is 41.6 Å². The third kappa shape index (κ3) is 1.94. The molecule has 0 aliphatic carbocycles. The number of carbonyl (C=O) groups is 1. The number of hydrogen-bond donors (Lipinski definition) is 1. The van der Waals surface area contributed by atoms with Gasteiger partial charge in [0.25, 0.3) is 0 Å². The van der Waals surface area contributed by atoms with Crippen LogP contribution in [0.5, 0.6) is 0 Å². The highest BCUT2D eigenvalue weighted by Crippen LogP contribution is 2.10. The second-order valence-electron chi connectivity index (χ2n) is 2.64. The molecule has 1 aliphatic heterocycles. The van der Waals surface area contributed by atoms with Crippen LogP contribution in [-0.4, -0.2) is 17.7 Å². The highest BCUT2D eigenvalue weighted by molar-refractivity contribution is 5.65. The van der Waals surface area contributed by atoms with Crippen molar-refractivity contribution in [1.29, 1.82) is 0 Å². The zero-order valence-corrected chi connectivity index (χ0v) is 6.97. The molecule has 4 nitrogen and oxygen atoms in total. The molecule has 1 N–H and O–H groups in total. The summed E-state index contributed by atoms with van der Waals surface area (Å²) in [5, 5.41) is 1.42. The molecule has 0 fully saturated rings. The average Bonchev–Trinajstić information content (AvgIpc) is 2.10. The molecule has 0 amide bonds. The normalized spacial score (nSPS) is 18.5. The van der Waals surface area contributed by atoms with Gasteiger partial charge in [0.1, 0.15) is 0 Å². The van der Waals surface area contributed by atoms with Gasteiger partial charge in [0.15, 0.2) is 0 Å². The van der Waals surface area contributed by atoms with Crippen molar-refractivity contribution in [2.75, 3.05) is 6.54 Å². The van der Waals surface area contributed by atoms with Crippen molar-refractivity contribution in [3.63, 3.8) is 0 Å². The minimum atomic E-state index is -0.306. The van der Waals surface area contributed by atoms with Crippen molar-refractivity contribution in [3.05, 3.63) is 11.3 Å². The van der Waals surface area contributed by atoms with E-state index in [-0.39, 0.29) is 5.97 Å². The Balaban J connectivity index is 2.42. The molecule has 0 saturated heterocycles. The Morgan fingerprint density at radius 2 is 2.27 bits per heavy atom. The molecule has 0 atom stereocenters. The van der Waals surface area contributed by atoms with Crippen molar-refractivity contribution in [3.8, 4) is 0 Å². The van der Waals surface area contributed by atoms with Crippen LogP contribution in [0.15, 0.2) is 11.3 Å². The van der Waals surface area contributed by atoms with E-state index in [4.69, 9.17) is 4.84 Å². The van der Waals surface area contributed by atoms with E-state index < -0.39 is 0 Å². The number of nitrogens with one attached hydrogen (secondary N) is 1. The first-order chi connectivity index (χ1) is 5.09. The van der Waals surface area contributed by atoms with E-state index >= 15 is 0 Å². The summed E-state index contributed by atoms with van der Waals surface area (Å²) in [6.07, 6.45) is 0. The SMILES string of the molecule is CC(=O)ON1CC(C)=C(C)N1. The van der Waals surface area contributed by atoms with E-state index in [2.05, 4.69) is 5.43 Å². The van der Waals surface area contributed by atoms with Gasteiger partial charge in [0.05, 0.1) is 6.54 Å². The molecule has 0 saturated carbocycles. The lowest BCUT2D eigenvalue weighted by Crippen LogP contribution is -2.33. The smallest absolute Gasteiger partial charge is 0.324 e. The van der Waals surface area contributed by atoms with Gasteiger partial charge in [-0.15, -0.1) is 0 Å². The van der Waals surface area contributed by atoms with E-state index in [0.29, 0.717) is 6.54 Å². The monoisotopic (exact) mass is 156 g/mol. The molecule has 1 aliphatic rings. The minimum Gasteiger partial charge on any atom is -0.348 e. The van der Waals surface area contributed by atoms with Gasteiger partial charge in [-0.3, -0.25) is 10.2 Å². The lowest BCUT2D eigenvalue weighted by molar-refractivity contribution is -0.194. The molecular formula is C7H12N2O2. The van der Waals surface area contributed by atoms with Gasteiger partial charge in [-0.25, -0.2) is 0 Å². The van der Waals surface area contributed by atoms with Gasteiger partial charge < -0.3 is 4.84 Å². The number of carbonyl (C=O) groups excluding carboxylic acids is 1. The fourth-order valence-electron chi connectivity index (χ4n) is 0.866. The molecule has 0 aromatic rings. The van der Waals surface area contributed by atoms with Crippen molar-refractivity contribution in [2.45, 2.75) is 20.8 Å². The van der Waals surface area contributed by atoms with Gasteiger partial charge in [-0.2, -0.15) is 0 Å². The Morgan fingerprint density at radius 3 is 2.64 bits per heavy atom. The Morgan fingerprint density at radius 1 is 1.64 bits per heavy atom. The van der Waals surface area contributed by atoms with Crippen LogP contribution in [0.25, 0.3) is 0 Å². The third-order valence-corrected chi connectivity index (χ3v) is 1.55. The van der Waals surface area contributed by atoms with Crippen molar-refractivity contribution >= 4 is 5.97 Å². The average molecular weight is 156 g/mol. The molecule has 0 unspecified atom stereocenters. The Hall–Kier alpha value is -1.03.